The van der Waals surface area contributed by atoms with E-state index in [2.05, 4.69) is 6.07 Å². The van der Waals surface area contributed by atoms with Crippen molar-refractivity contribution in [3.8, 4) is 0 Å². The Morgan fingerprint density at radius 3 is 2.75 bits per heavy atom. The van der Waals surface area contributed by atoms with Gasteiger partial charge in [0, 0.05) is 24.4 Å². The summed E-state index contributed by atoms with van der Waals surface area (Å²) in [7, 11) is 0. The lowest BCUT2D eigenvalue weighted by Gasteiger charge is -2.30. The number of carbonyl (C=O) groups is 2. The summed E-state index contributed by atoms with van der Waals surface area (Å²) in [5.74, 6) is 0.0511. The molecule has 0 aliphatic carbocycles. The zero-order valence-corrected chi connectivity index (χ0v) is 12.7. The van der Waals surface area contributed by atoms with E-state index >= 15 is 0 Å². The molecule has 1 aromatic rings. The number of rotatable bonds is 5. The molecular weight excluding hydrogens is 274 g/mol. The Morgan fingerprint density at radius 2 is 2.15 bits per heavy atom. The molecule has 0 atom stereocenters. The number of amides is 1. The molecule has 0 aromatic carbocycles. The number of nitrogens with zero attached hydrogens (tertiary/aromatic N) is 1. The van der Waals surface area contributed by atoms with Crippen molar-refractivity contribution in [3.63, 3.8) is 0 Å². The molecule has 1 saturated heterocycles. The van der Waals surface area contributed by atoms with E-state index in [1.54, 1.807) is 11.3 Å². The van der Waals surface area contributed by atoms with Crippen LogP contribution in [0.15, 0.2) is 17.5 Å². The summed E-state index contributed by atoms with van der Waals surface area (Å²) in [6.45, 7) is 3.60. The quantitative estimate of drug-likeness (QED) is 0.784. The fraction of sp³-hybridized carbons (Fsp3) is 0.600. The molecule has 1 aromatic heterocycles. The summed E-state index contributed by atoms with van der Waals surface area (Å²) in [6, 6.07) is 4.07. The van der Waals surface area contributed by atoms with Crippen molar-refractivity contribution in [1.82, 2.24) is 4.90 Å². The Morgan fingerprint density at radius 1 is 1.40 bits per heavy atom. The molecule has 4 nitrogen and oxygen atoms in total. The fourth-order valence-corrected chi connectivity index (χ4v) is 3.18. The number of ether oxygens (including phenoxy) is 1. The minimum Gasteiger partial charge on any atom is -0.466 e. The Balaban J connectivity index is 1.73. The van der Waals surface area contributed by atoms with Gasteiger partial charge in [0.1, 0.15) is 0 Å². The van der Waals surface area contributed by atoms with Crippen molar-refractivity contribution < 1.29 is 14.3 Å². The Bertz CT molecular complexity index is 436. The summed E-state index contributed by atoms with van der Waals surface area (Å²) in [5, 5.41) is 2.03. The third-order valence-corrected chi connectivity index (χ3v) is 4.57. The van der Waals surface area contributed by atoms with Crippen molar-refractivity contribution >= 4 is 23.2 Å². The van der Waals surface area contributed by atoms with Crippen LogP contribution in [0.3, 0.4) is 0 Å². The van der Waals surface area contributed by atoms with Gasteiger partial charge in [-0.05, 0) is 37.6 Å². The maximum atomic E-state index is 12.1. The van der Waals surface area contributed by atoms with E-state index in [-0.39, 0.29) is 17.8 Å². The maximum absolute atomic E-state index is 12.1. The molecule has 0 bridgehead atoms. The van der Waals surface area contributed by atoms with Gasteiger partial charge in [0.05, 0.1) is 12.5 Å². The van der Waals surface area contributed by atoms with E-state index in [4.69, 9.17) is 4.74 Å². The van der Waals surface area contributed by atoms with Gasteiger partial charge in [-0.25, -0.2) is 0 Å². The van der Waals surface area contributed by atoms with Crippen LogP contribution in [0.1, 0.15) is 31.1 Å². The smallest absolute Gasteiger partial charge is 0.309 e. The maximum Gasteiger partial charge on any atom is 0.309 e. The van der Waals surface area contributed by atoms with Crippen LogP contribution in [-0.4, -0.2) is 36.5 Å². The third-order valence-electron chi connectivity index (χ3n) is 3.63. The molecule has 0 unspecified atom stereocenters. The first-order valence-corrected chi connectivity index (χ1v) is 8.05. The number of hydrogen-bond acceptors (Lipinski definition) is 4. The highest BCUT2D eigenvalue weighted by Crippen LogP contribution is 2.20. The van der Waals surface area contributed by atoms with Crippen LogP contribution in [0.5, 0.6) is 0 Å². The molecule has 20 heavy (non-hydrogen) atoms. The zero-order valence-electron chi connectivity index (χ0n) is 11.8. The second kappa shape index (κ2) is 7.43. The third kappa shape index (κ3) is 4.07. The van der Waals surface area contributed by atoms with Gasteiger partial charge in [-0.1, -0.05) is 6.07 Å². The van der Waals surface area contributed by atoms with Crippen molar-refractivity contribution in [2.75, 3.05) is 19.7 Å². The van der Waals surface area contributed by atoms with Crippen LogP contribution in [0, 0.1) is 5.92 Å². The van der Waals surface area contributed by atoms with Gasteiger partial charge in [-0.2, -0.15) is 0 Å². The number of aryl methyl sites for hydroxylation is 1. The van der Waals surface area contributed by atoms with E-state index < -0.39 is 0 Å². The molecule has 1 aliphatic rings. The van der Waals surface area contributed by atoms with Gasteiger partial charge in [-0.3, -0.25) is 9.59 Å². The molecule has 0 saturated carbocycles. The Labute approximate surface area is 123 Å². The molecule has 2 rings (SSSR count). The summed E-state index contributed by atoms with van der Waals surface area (Å²) in [4.78, 5) is 26.9. The molecule has 0 spiro atoms. The van der Waals surface area contributed by atoms with Crippen LogP contribution in [0.2, 0.25) is 0 Å². The molecule has 0 N–H and O–H groups in total. The summed E-state index contributed by atoms with van der Waals surface area (Å²) < 4.78 is 5.03. The standard InChI is InChI=1S/C15H21NO3S/c1-2-19-15(18)12-7-9-16(10-8-12)14(17)6-5-13-4-3-11-20-13/h3-4,11-12H,2,5-10H2,1H3. The number of thiophene rings is 1. The zero-order chi connectivity index (χ0) is 14.4. The highest BCUT2D eigenvalue weighted by Gasteiger charge is 2.27. The summed E-state index contributed by atoms with van der Waals surface area (Å²) >= 11 is 1.69. The average Bonchev–Trinajstić information content (AvgIpc) is 2.98. The van der Waals surface area contributed by atoms with E-state index in [1.165, 1.54) is 4.88 Å². The van der Waals surface area contributed by atoms with Crippen LogP contribution >= 0.6 is 11.3 Å². The van der Waals surface area contributed by atoms with Gasteiger partial charge in [0.25, 0.3) is 0 Å². The van der Waals surface area contributed by atoms with Crippen LogP contribution < -0.4 is 0 Å². The average molecular weight is 295 g/mol. The molecule has 1 aliphatic heterocycles. The molecule has 110 valence electrons. The predicted molar refractivity (Wildman–Crippen MR) is 78.6 cm³/mol. The first-order valence-electron chi connectivity index (χ1n) is 7.17. The van der Waals surface area contributed by atoms with E-state index in [9.17, 15) is 9.59 Å². The first-order chi connectivity index (χ1) is 9.70. The molecular formula is C15H21NO3S. The molecule has 5 heteroatoms. The minimum atomic E-state index is -0.113. The molecule has 2 heterocycles. The lowest BCUT2D eigenvalue weighted by Crippen LogP contribution is -2.40. The number of esters is 1. The second-order valence-electron chi connectivity index (χ2n) is 4.99. The largest absolute Gasteiger partial charge is 0.466 e. The topological polar surface area (TPSA) is 46.6 Å². The molecule has 0 radical (unpaired) electrons. The van der Waals surface area contributed by atoms with Gasteiger partial charge in [-0.15, -0.1) is 11.3 Å². The van der Waals surface area contributed by atoms with Crippen LogP contribution in [-0.2, 0) is 20.7 Å². The van der Waals surface area contributed by atoms with Crippen molar-refractivity contribution in [2.45, 2.75) is 32.6 Å². The number of likely N-dealkylation sites (tertiary alicyclic amines) is 1. The van der Waals surface area contributed by atoms with E-state index in [1.807, 2.05) is 23.3 Å². The van der Waals surface area contributed by atoms with E-state index in [0.717, 1.165) is 19.3 Å². The monoisotopic (exact) mass is 295 g/mol. The van der Waals surface area contributed by atoms with Gasteiger partial charge >= 0.3 is 5.97 Å². The van der Waals surface area contributed by atoms with Crippen LogP contribution in [0.4, 0.5) is 0 Å². The predicted octanol–water partition coefficient (Wildman–Crippen LogP) is 2.48. The first kappa shape index (κ1) is 15.0. The van der Waals surface area contributed by atoms with Crippen LogP contribution in [0.25, 0.3) is 0 Å². The van der Waals surface area contributed by atoms with Gasteiger partial charge < -0.3 is 9.64 Å². The summed E-state index contributed by atoms with van der Waals surface area (Å²) in [5.41, 5.74) is 0. The summed E-state index contributed by atoms with van der Waals surface area (Å²) in [6.07, 6.45) is 2.83. The lowest BCUT2D eigenvalue weighted by molar-refractivity contribution is -0.151. The van der Waals surface area contributed by atoms with Crippen molar-refractivity contribution in [1.29, 1.82) is 0 Å². The second-order valence-corrected chi connectivity index (χ2v) is 6.02. The highest BCUT2D eigenvalue weighted by atomic mass is 32.1. The molecule has 1 fully saturated rings. The van der Waals surface area contributed by atoms with E-state index in [0.29, 0.717) is 26.1 Å². The minimum absolute atomic E-state index is 0.0312. The number of piperidine rings is 1. The Hall–Kier alpha value is -1.36. The Kier molecular flexibility index (Phi) is 5.59. The van der Waals surface area contributed by atoms with Gasteiger partial charge in [0.15, 0.2) is 0 Å². The fourth-order valence-electron chi connectivity index (χ4n) is 2.47. The number of carbonyl (C=O) groups excluding carboxylic acids is 2. The van der Waals surface area contributed by atoms with Crippen molar-refractivity contribution in [3.05, 3.63) is 22.4 Å². The van der Waals surface area contributed by atoms with Gasteiger partial charge in [0.2, 0.25) is 5.91 Å². The SMILES string of the molecule is CCOC(=O)C1CCN(C(=O)CCc2cccs2)CC1. The normalized spacial score (nSPS) is 16.1. The molecule has 1 amide bonds. The number of hydrogen-bond donors (Lipinski definition) is 0. The lowest BCUT2D eigenvalue weighted by atomic mass is 9.96. The van der Waals surface area contributed by atoms with Crippen molar-refractivity contribution in [2.24, 2.45) is 5.92 Å². The highest BCUT2D eigenvalue weighted by molar-refractivity contribution is 7.09.